The van der Waals surface area contributed by atoms with Gasteiger partial charge in [0.15, 0.2) is 6.04 Å². The molecule has 0 aliphatic carbocycles. The van der Waals surface area contributed by atoms with Gasteiger partial charge < -0.3 is 14.6 Å². The Bertz CT molecular complexity index is 1110. The normalized spacial score (nSPS) is 25.2. The Labute approximate surface area is 181 Å². The molecule has 3 aromatic rings. The number of nitrogens with zero attached hydrogens (tertiary/aromatic N) is 4. The van der Waals surface area contributed by atoms with Crippen molar-refractivity contribution in [2.45, 2.75) is 58.2 Å². The van der Waals surface area contributed by atoms with Gasteiger partial charge >= 0.3 is 0 Å². The number of hydrogen-bond donors (Lipinski definition) is 2. The van der Waals surface area contributed by atoms with Crippen molar-refractivity contribution < 1.29 is 9.64 Å². The van der Waals surface area contributed by atoms with Gasteiger partial charge in [-0.15, -0.1) is 5.10 Å². The van der Waals surface area contributed by atoms with Crippen LogP contribution in [0.4, 0.5) is 0 Å². The molecule has 2 aliphatic rings. The molecule has 0 amide bonds. The summed E-state index contributed by atoms with van der Waals surface area (Å²) in [5, 5.41) is 13.8. The predicted molar refractivity (Wildman–Crippen MR) is 117 cm³/mol. The molecular weight excluding hydrogens is 392 g/mol. The molecule has 164 valence electrons. The molecule has 31 heavy (non-hydrogen) atoms. The van der Waals surface area contributed by atoms with Crippen LogP contribution in [0.5, 0.6) is 0 Å². The summed E-state index contributed by atoms with van der Waals surface area (Å²) in [6.45, 7) is 7.77. The van der Waals surface area contributed by atoms with E-state index in [1.807, 2.05) is 23.7 Å². The molecule has 8 nitrogen and oxygen atoms in total. The first kappa shape index (κ1) is 20.3. The molecule has 0 saturated carbocycles. The number of piperidine rings is 1. The van der Waals surface area contributed by atoms with E-state index in [0.717, 1.165) is 73.2 Å². The third kappa shape index (κ3) is 4.14. The highest BCUT2D eigenvalue weighted by molar-refractivity contribution is 5.79. The fourth-order valence-electron chi connectivity index (χ4n) is 5.04. The van der Waals surface area contributed by atoms with Crippen LogP contribution in [0.2, 0.25) is 0 Å². The van der Waals surface area contributed by atoms with Gasteiger partial charge in [0.05, 0.1) is 31.3 Å². The third-order valence-electron chi connectivity index (χ3n) is 6.88. The molecule has 2 N–H and O–H groups in total. The lowest BCUT2D eigenvalue weighted by molar-refractivity contribution is -0.932. The molecule has 2 atom stereocenters. The van der Waals surface area contributed by atoms with Crippen molar-refractivity contribution in [3.63, 3.8) is 0 Å². The number of hydrogen-bond acceptors (Lipinski definition) is 5. The van der Waals surface area contributed by atoms with Gasteiger partial charge in [-0.25, -0.2) is 4.68 Å². The number of benzene rings is 1. The van der Waals surface area contributed by atoms with Crippen molar-refractivity contribution in [2.75, 3.05) is 19.7 Å². The first-order valence-corrected chi connectivity index (χ1v) is 11.4. The Morgan fingerprint density at radius 3 is 2.87 bits per heavy atom. The van der Waals surface area contributed by atoms with E-state index in [0.29, 0.717) is 12.5 Å². The van der Waals surface area contributed by atoms with Crippen LogP contribution < -0.4 is 10.5 Å². The van der Waals surface area contributed by atoms with E-state index in [9.17, 15) is 4.79 Å². The zero-order valence-corrected chi connectivity index (χ0v) is 18.3. The minimum absolute atomic E-state index is 0.0547. The largest absolute Gasteiger partial charge is 0.376 e. The summed E-state index contributed by atoms with van der Waals surface area (Å²) in [6.07, 6.45) is 4.52. The smallest absolute Gasteiger partial charge is 0.258 e. The van der Waals surface area contributed by atoms with E-state index in [1.54, 1.807) is 0 Å². The number of nitrogens with one attached hydrogen (secondary N) is 2. The van der Waals surface area contributed by atoms with Gasteiger partial charge in [0, 0.05) is 12.1 Å². The van der Waals surface area contributed by atoms with Gasteiger partial charge in [0.25, 0.3) is 5.56 Å². The second kappa shape index (κ2) is 8.51. The van der Waals surface area contributed by atoms with E-state index >= 15 is 0 Å². The molecule has 4 heterocycles. The summed E-state index contributed by atoms with van der Waals surface area (Å²) in [6, 6.07) is 8.01. The van der Waals surface area contributed by atoms with E-state index in [1.165, 1.54) is 4.90 Å². The van der Waals surface area contributed by atoms with Crippen LogP contribution in [0.3, 0.4) is 0 Å². The number of tetrazole rings is 1. The van der Waals surface area contributed by atoms with Crippen molar-refractivity contribution in [2.24, 2.45) is 5.92 Å². The van der Waals surface area contributed by atoms with E-state index in [2.05, 4.69) is 39.6 Å². The summed E-state index contributed by atoms with van der Waals surface area (Å²) in [7, 11) is 0. The molecule has 2 aliphatic heterocycles. The Kier molecular flexibility index (Phi) is 5.58. The number of aromatic amines is 1. The summed E-state index contributed by atoms with van der Waals surface area (Å²) in [5.41, 5.74) is 2.68. The van der Waals surface area contributed by atoms with Gasteiger partial charge in [-0.3, -0.25) is 4.79 Å². The molecule has 2 aromatic heterocycles. The van der Waals surface area contributed by atoms with Gasteiger partial charge in [0.1, 0.15) is 0 Å². The van der Waals surface area contributed by atoms with Crippen LogP contribution in [-0.2, 0) is 11.3 Å². The minimum Gasteiger partial charge on any atom is -0.376 e. The number of aromatic nitrogens is 5. The van der Waals surface area contributed by atoms with Crippen LogP contribution in [0.25, 0.3) is 10.9 Å². The molecule has 1 aromatic carbocycles. The average molecular weight is 424 g/mol. The Hall–Kier alpha value is -2.58. The molecule has 2 saturated heterocycles. The van der Waals surface area contributed by atoms with E-state index < -0.39 is 0 Å². The molecule has 0 bridgehead atoms. The van der Waals surface area contributed by atoms with Gasteiger partial charge in [-0.2, -0.15) is 0 Å². The molecule has 0 spiro atoms. The summed E-state index contributed by atoms with van der Waals surface area (Å²) >= 11 is 0. The van der Waals surface area contributed by atoms with Gasteiger partial charge in [-0.05, 0) is 72.0 Å². The van der Waals surface area contributed by atoms with Crippen LogP contribution in [-0.4, -0.2) is 51.0 Å². The fraction of sp³-hybridized carbons (Fsp3) is 0.565. The second-order valence-corrected chi connectivity index (χ2v) is 9.27. The lowest BCUT2D eigenvalue weighted by Gasteiger charge is -2.33. The van der Waals surface area contributed by atoms with Gasteiger partial charge in [-0.1, -0.05) is 19.1 Å². The molecule has 8 heteroatoms. The number of quaternary nitrogens is 1. The van der Waals surface area contributed by atoms with Crippen molar-refractivity contribution in [1.29, 1.82) is 0 Å². The number of likely N-dealkylation sites (tertiary alicyclic amines) is 1. The zero-order valence-electron chi connectivity index (χ0n) is 18.3. The first-order valence-electron chi connectivity index (χ1n) is 11.4. The molecule has 2 fully saturated rings. The third-order valence-corrected chi connectivity index (χ3v) is 6.88. The number of rotatable bonds is 5. The van der Waals surface area contributed by atoms with Crippen LogP contribution >= 0.6 is 0 Å². The average Bonchev–Trinajstić information content (AvgIpc) is 3.43. The standard InChI is InChI=1S/C23H30N6O2/c1-15-7-9-28(10-8-15)21(22-25-26-27-29(22)14-18-4-3-11-31-18)19-13-17-6-5-16(2)12-20(17)24-23(19)30/h5-6,12-13,15,18,21H,3-4,7-11,14H2,1-2H3,(H,24,30)/p+1/t18-,21-/m0/s1. The highest BCUT2D eigenvalue weighted by Crippen LogP contribution is 2.22. The Morgan fingerprint density at radius 2 is 2.10 bits per heavy atom. The quantitative estimate of drug-likeness (QED) is 0.648. The van der Waals surface area contributed by atoms with Crippen LogP contribution in [0, 0.1) is 12.8 Å². The molecular formula is C23H31N6O2+. The first-order chi connectivity index (χ1) is 15.1. The van der Waals surface area contributed by atoms with Crippen molar-refractivity contribution >= 4 is 10.9 Å². The predicted octanol–water partition coefficient (Wildman–Crippen LogP) is 1.41. The highest BCUT2D eigenvalue weighted by atomic mass is 16.5. The second-order valence-electron chi connectivity index (χ2n) is 9.27. The van der Waals surface area contributed by atoms with Gasteiger partial charge in [0.2, 0.25) is 5.82 Å². The topological polar surface area (TPSA) is 90.1 Å². The van der Waals surface area contributed by atoms with Crippen LogP contribution in [0.15, 0.2) is 29.1 Å². The zero-order chi connectivity index (χ0) is 21.4. The maximum absolute atomic E-state index is 13.3. The number of H-pyrrole nitrogens is 1. The van der Waals surface area contributed by atoms with Crippen molar-refractivity contribution in [3.8, 4) is 0 Å². The maximum Gasteiger partial charge on any atom is 0.258 e. The van der Waals surface area contributed by atoms with E-state index in [4.69, 9.17) is 4.74 Å². The molecule has 5 rings (SSSR count). The lowest BCUT2D eigenvalue weighted by atomic mass is 9.95. The monoisotopic (exact) mass is 423 g/mol. The lowest BCUT2D eigenvalue weighted by Crippen LogP contribution is -3.13. The molecule has 0 unspecified atom stereocenters. The number of pyridine rings is 1. The number of aryl methyl sites for hydroxylation is 1. The fourth-order valence-corrected chi connectivity index (χ4v) is 5.04. The minimum atomic E-state index is -0.196. The summed E-state index contributed by atoms with van der Waals surface area (Å²) in [4.78, 5) is 17.7. The molecule has 0 radical (unpaired) electrons. The van der Waals surface area contributed by atoms with E-state index in [-0.39, 0.29) is 17.7 Å². The number of fused-ring (bicyclic) bond motifs is 1. The SMILES string of the molecule is Cc1ccc2cc([C@@H](c3nnnn3C[C@@H]3CCCO3)[NH+]3CCC(C)CC3)c(=O)[nH]c2c1. The summed E-state index contributed by atoms with van der Waals surface area (Å²) < 4.78 is 7.69. The van der Waals surface area contributed by atoms with Crippen molar-refractivity contribution in [1.82, 2.24) is 25.2 Å². The maximum atomic E-state index is 13.3. The Balaban J connectivity index is 1.58. The summed E-state index contributed by atoms with van der Waals surface area (Å²) in [5.74, 6) is 1.47. The van der Waals surface area contributed by atoms with Crippen LogP contribution in [0.1, 0.15) is 55.6 Å². The van der Waals surface area contributed by atoms with Crippen molar-refractivity contribution in [3.05, 3.63) is 51.6 Å². The Morgan fingerprint density at radius 1 is 1.26 bits per heavy atom. The highest BCUT2D eigenvalue weighted by Gasteiger charge is 2.36. The number of ether oxygens (including phenoxy) is 1.